The van der Waals surface area contributed by atoms with Gasteiger partial charge in [-0.1, -0.05) is 12.1 Å². The van der Waals surface area contributed by atoms with Crippen molar-refractivity contribution < 1.29 is 14.3 Å². The highest BCUT2D eigenvalue weighted by Gasteiger charge is 2.13. The largest absolute Gasteiger partial charge is 0.493 e. The number of amides is 1. The number of aromatic nitrogens is 2. The van der Waals surface area contributed by atoms with Crippen molar-refractivity contribution in [2.24, 2.45) is 5.73 Å². The number of hydrogen-bond acceptors (Lipinski definition) is 5. The minimum Gasteiger partial charge on any atom is -0.493 e. The molecule has 0 spiro atoms. The van der Waals surface area contributed by atoms with Gasteiger partial charge in [0.1, 0.15) is 11.9 Å². The van der Waals surface area contributed by atoms with Gasteiger partial charge in [-0.05, 0) is 12.1 Å². The molecular weight excluding hydrogens is 234 g/mol. The Bertz CT molecular complexity index is 572. The lowest BCUT2D eigenvalue weighted by atomic mass is 10.3. The first-order valence-corrected chi connectivity index (χ1v) is 5.13. The van der Waals surface area contributed by atoms with Crippen LogP contribution in [-0.2, 0) is 0 Å². The van der Waals surface area contributed by atoms with E-state index in [9.17, 15) is 4.79 Å². The van der Waals surface area contributed by atoms with Gasteiger partial charge in [0.2, 0.25) is 5.88 Å². The Morgan fingerprint density at radius 2 is 2.00 bits per heavy atom. The van der Waals surface area contributed by atoms with Crippen LogP contribution >= 0.6 is 0 Å². The molecule has 92 valence electrons. The molecule has 2 rings (SSSR count). The highest BCUT2D eigenvalue weighted by atomic mass is 16.5. The van der Waals surface area contributed by atoms with E-state index in [1.807, 2.05) is 0 Å². The normalized spacial score (nSPS) is 9.83. The minimum atomic E-state index is -0.652. The third-order valence-corrected chi connectivity index (χ3v) is 2.22. The molecule has 6 heteroatoms. The Morgan fingerprint density at radius 1 is 1.28 bits per heavy atom. The number of methoxy groups -OCH3 is 1. The molecule has 1 heterocycles. The first kappa shape index (κ1) is 11.8. The maximum atomic E-state index is 11.2. The first-order valence-electron chi connectivity index (χ1n) is 5.13. The second-order valence-corrected chi connectivity index (χ2v) is 3.36. The summed E-state index contributed by atoms with van der Waals surface area (Å²) in [6.45, 7) is 0. The summed E-state index contributed by atoms with van der Waals surface area (Å²) in [4.78, 5) is 18.8. The van der Waals surface area contributed by atoms with Crippen molar-refractivity contribution in [2.45, 2.75) is 0 Å². The van der Waals surface area contributed by atoms with E-state index in [2.05, 4.69) is 9.97 Å². The molecule has 6 nitrogen and oxygen atoms in total. The topological polar surface area (TPSA) is 87.3 Å². The zero-order valence-corrected chi connectivity index (χ0v) is 9.66. The van der Waals surface area contributed by atoms with E-state index in [1.165, 1.54) is 19.6 Å². The van der Waals surface area contributed by atoms with E-state index >= 15 is 0 Å². The minimum absolute atomic E-state index is 0.0991. The predicted molar refractivity (Wildman–Crippen MR) is 63.6 cm³/mol. The number of carbonyl (C=O) groups is 1. The molecule has 0 atom stereocenters. The summed E-state index contributed by atoms with van der Waals surface area (Å²) in [7, 11) is 1.52. The summed E-state index contributed by atoms with van der Waals surface area (Å²) in [5.74, 6) is 0.426. The van der Waals surface area contributed by atoms with Gasteiger partial charge in [-0.3, -0.25) is 4.79 Å². The van der Waals surface area contributed by atoms with Crippen molar-refractivity contribution in [2.75, 3.05) is 7.11 Å². The summed E-state index contributed by atoms with van der Waals surface area (Å²) in [5, 5.41) is 0. The fourth-order valence-corrected chi connectivity index (χ4v) is 1.38. The fraction of sp³-hybridized carbons (Fsp3) is 0.0833. The molecule has 2 aromatic rings. The van der Waals surface area contributed by atoms with E-state index in [0.29, 0.717) is 11.5 Å². The highest BCUT2D eigenvalue weighted by molar-refractivity contribution is 5.94. The number of rotatable bonds is 4. The number of carbonyl (C=O) groups excluding carboxylic acids is 1. The van der Waals surface area contributed by atoms with Crippen LogP contribution in [-0.4, -0.2) is 23.0 Å². The van der Waals surface area contributed by atoms with Gasteiger partial charge in [-0.2, -0.15) is 0 Å². The maximum absolute atomic E-state index is 11.2. The number of benzene rings is 1. The van der Waals surface area contributed by atoms with E-state index < -0.39 is 5.91 Å². The van der Waals surface area contributed by atoms with Crippen LogP contribution in [0.2, 0.25) is 0 Å². The second-order valence-electron chi connectivity index (χ2n) is 3.36. The van der Waals surface area contributed by atoms with Crippen LogP contribution in [0.3, 0.4) is 0 Å². The lowest BCUT2D eigenvalue weighted by Crippen LogP contribution is -2.13. The van der Waals surface area contributed by atoms with Gasteiger partial charge in [0, 0.05) is 6.20 Å². The van der Waals surface area contributed by atoms with Crippen LogP contribution < -0.4 is 15.2 Å². The fourth-order valence-electron chi connectivity index (χ4n) is 1.38. The van der Waals surface area contributed by atoms with Crippen LogP contribution in [0.25, 0.3) is 0 Å². The van der Waals surface area contributed by atoms with Crippen LogP contribution in [0.15, 0.2) is 36.8 Å². The lowest BCUT2D eigenvalue weighted by Gasteiger charge is -2.10. The van der Waals surface area contributed by atoms with Crippen molar-refractivity contribution in [3.63, 3.8) is 0 Å². The second kappa shape index (κ2) is 5.13. The Morgan fingerprint density at radius 3 is 2.67 bits per heavy atom. The molecule has 0 saturated carbocycles. The van der Waals surface area contributed by atoms with Gasteiger partial charge in [-0.15, -0.1) is 0 Å². The number of para-hydroxylation sites is 2. The molecule has 2 N–H and O–H groups in total. The van der Waals surface area contributed by atoms with Crippen molar-refractivity contribution in [3.8, 4) is 17.4 Å². The molecule has 0 saturated heterocycles. The number of hydrogen-bond donors (Lipinski definition) is 1. The maximum Gasteiger partial charge on any atom is 0.255 e. The molecule has 0 bridgehead atoms. The zero-order chi connectivity index (χ0) is 13.0. The predicted octanol–water partition coefficient (Wildman–Crippen LogP) is 1.38. The summed E-state index contributed by atoms with van der Waals surface area (Å²) in [6.07, 6.45) is 2.58. The lowest BCUT2D eigenvalue weighted by molar-refractivity contribution is 0.0997. The van der Waals surface area contributed by atoms with E-state index in [4.69, 9.17) is 15.2 Å². The van der Waals surface area contributed by atoms with E-state index in [0.717, 1.165) is 0 Å². The Labute approximate surface area is 103 Å². The monoisotopic (exact) mass is 245 g/mol. The van der Waals surface area contributed by atoms with Crippen molar-refractivity contribution in [1.82, 2.24) is 9.97 Å². The summed E-state index contributed by atoms with van der Waals surface area (Å²) in [5.41, 5.74) is 5.32. The quantitative estimate of drug-likeness (QED) is 0.879. The third-order valence-electron chi connectivity index (χ3n) is 2.22. The number of ether oxygens (including phenoxy) is 2. The summed E-state index contributed by atoms with van der Waals surface area (Å²) in [6, 6.07) is 7.02. The van der Waals surface area contributed by atoms with Gasteiger partial charge < -0.3 is 15.2 Å². The van der Waals surface area contributed by atoms with Crippen LogP contribution in [0, 0.1) is 0 Å². The van der Waals surface area contributed by atoms with Gasteiger partial charge in [0.25, 0.3) is 5.91 Å². The van der Waals surface area contributed by atoms with Crippen molar-refractivity contribution >= 4 is 5.91 Å². The van der Waals surface area contributed by atoms with Gasteiger partial charge in [0.05, 0.1) is 7.11 Å². The van der Waals surface area contributed by atoms with E-state index in [-0.39, 0.29) is 11.4 Å². The Hall–Kier alpha value is -2.63. The molecule has 0 aliphatic rings. The molecule has 0 aliphatic heterocycles. The average molecular weight is 245 g/mol. The zero-order valence-electron chi connectivity index (χ0n) is 9.66. The summed E-state index contributed by atoms with van der Waals surface area (Å²) >= 11 is 0. The Kier molecular flexibility index (Phi) is 3.38. The number of nitrogens with two attached hydrogens (primary N) is 1. The highest BCUT2D eigenvalue weighted by Crippen LogP contribution is 2.30. The molecular formula is C12H11N3O3. The third kappa shape index (κ3) is 2.37. The van der Waals surface area contributed by atoms with Crippen LogP contribution in [0.5, 0.6) is 17.4 Å². The summed E-state index contributed by atoms with van der Waals surface area (Å²) < 4.78 is 10.6. The van der Waals surface area contributed by atoms with Gasteiger partial charge in [0.15, 0.2) is 11.5 Å². The smallest absolute Gasteiger partial charge is 0.255 e. The van der Waals surface area contributed by atoms with Gasteiger partial charge in [-0.25, -0.2) is 9.97 Å². The molecule has 1 aromatic carbocycles. The standard InChI is InChI=1S/C12H11N3O3/c1-17-9-4-2-3-5-10(9)18-12-8(11(13)16)6-14-7-15-12/h2-7H,1H3,(H2,13,16). The molecule has 18 heavy (non-hydrogen) atoms. The van der Waals surface area contributed by atoms with Crippen molar-refractivity contribution in [1.29, 1.82) is 0 Å². The molecule has 1 amide bonds. The van der Waals surface area contributed by atoms with E-state index in [1.54, 1.807) is 24.3 Å². The number of nitrogens with zero attached hydrogens (tertiary/aromatic N) is 2. The number of primary amides is 1. The molecule has 0 aliphatic carbocycles. The molecule has 0 fully saturated rings. The molecule has 1 aromatic heterocycles. The van der Waals surface area contributed by atoms with Crippen molar-refractivity contribution in [3.05, 3.63) is 42.4 Å². The first-order chi connectivity index (χ1) is 8.72. The van der Waals surface area contributed by atoms with Gasteiger partial charge >= 0.3 is 0 Å². The van der Waals surface area contributed by atoms with Crippen LogP contribution in [0.4, 0.5) is 0 Å². The SMILES string of the molecule is COc1ccccc1Oc1ncncc1C(N)=O. The molecule has 0 unspecified atom stereocenters. The average Bonchev–Trinajstić information content (AvgIpc) is 2.40. The molecule has 0 radical (unpaired) electrons. The Balaban J connectivity index is 2.37. The van der Waals surface area contributed by atoms with Crippen LogP contribution in [0.1, 0.15) is 10.4 Å².